The van der Waals surface area contributed by atoms with Crippen LogP contribution in [-0.4, -0.2) is 22.8 Å². The van der Waals surface area contributed by atoms with Gasteiger partial charge >= 0.3 is 5.51 Å². The highest BCUT2D eigenvalue weighted by molar-refractivity contribution is 8.00. The highest BCUT2D eigenvalue weighted by Gasteiger charge is 2.27. The summed E-state index contributed by atoms with van der Waals surface area (Å²) in [5, 5.41) is 3.58. The molecule has 1 aromatic heterocycles. The third kappa shape index (κ3) is 3.78. The summed E-state index contributed by atoms with van der Waals surface area (Å²) in [7, 11) is 0. The molecule has 2 nitrogen and oxygen atoms in total. The fourth-order valence-electron chi connectivity index (χ4n) is 1.44. The Morgan fingerprint density at radius 3 is 2.89 bits per heavy atom. The molecule has 0 saturated carbocycles. The van der Waals surface area contributed by atoms with Gasteiger partial charge in [0.15, 0.2) is 5.13 Å². The van der Waals surface area contributed by atoms with E-state index in [2.05, 4.69) is 10.3 Å². The number of hydrogen-bond acceptors (Lipinski definition) is 4. The minimum atomic E-state index is -4.16. The van der Waals surface area contributed by atoms with Crippen LogP contribution in [0.2, 0.25) is 0 Å². The minimum Gasteiger partial charge on any atom is -0.361 e. The van der Waals surface area contributed by atoms with Crippen LogP contribution >= 0.6 is 23.1 Å². The van der Waals surface area contributed by atoms with Crippen LogP contribution in [0.3, 0.4) is 0 Å². The second-order valence-electron chi connectivity index (χ2n) is 3.71. The number of anilines is 1. The van der Waals surface area contributed by atoms with E-state index in [4.69, 9.17) is 0 Å². The largest absolute Gasteiger partial charge is 0.441 e. The normalized spacial score (nSPS) is 12.0. The summed E-state index contributed by atoms with van der Waals surface area (Å²) in [5.74, 6) is -0.0154. The van der Waals surface area contributed by atoms with Crippen molar-refractivity contribution in [3.05, 3.63) is 23.8 Å². The number of benzene rings is 1. The van der Waals surface area contributed by atoms with Gasteiger partial charge in [-0.05, 0) is 36.4 Å². The van der Waals surface area contributed by atoms with Gasteiger partial charge in [0.05, 0.1) is 10.2 Å². The second-order valence-corrected chi connectivity index (χ2v) is 5.90. The predicted molar refractivity (Wildman–Crippen MR) is 71.4 cm³/mol. The van der Waals surface area contributed by atoms with Gasteiger partial charge in [-0.25, -0.2) is 4.98 Å². The van der Waals surface area contributed by atoms with Gasteiger partial charge < -0.3 is 5.32 Å². The maximum absolute atomic E-state index is 11.9. The molecule has 0 saturated heterocycles. The first kappa shape index (κ1) is 13.5. The molecule has 0 unspecified atom stereocenters. The molecule has 0 spiro atoms. The van der Waals surface area contributed by atoms with E-state index in [-0.39, 0.29) is 24.1 Å². The Kier molecular flexibility index (Phi) is 4.01. The van der Waals surface area contributed by atoms with Crippen LogP contribution in [-0.2, 0) is 0 Å². The van der Waals surface area contributed by atoms with Gasteiger partial charge in [-0.15, -0.1) is 0 Å². The molecule has 2 rings (SSSR count). The molecule has 1 aromatic carbocycles. The standard InChI is InChI=1S/C11H11F3N2S2/c1-7-2-3-9-8(6-7)16-10(18-9)15-4-5-17-11(12,13)14/h2-3,6H,4-5H2,1H3,(H,15,16). The maximum atomic E-state index is 11.9. The number of aryl methyl sites for hydroxylation is 1. The number of aromatic nitrogens is 1. The fourth-order valence-corrected chi connectivity index (χ4v) is 2.75. The molecule has 0 aliphatic rings. The average molecular weight is 292 g/mol. The minimum absolute atomic E-state index is 0.0154. The molecule has 98 valence electrons. The Morgan fingerprint density at radius 1 is 1.39 bits per heavy atom. The summed E-state index contributed by atoms with van der Waals surface area (Å²) in [6.45, 7) is 2.23. The van der Waals surface area contributed by atoms with Gasteiger partial charge in [-0.1, -0.05) is 17.4 Å². The molecule has 1 N–H and O–H groups in total. The average Bonchev–Trinajstić information content (AvgIpc) is 2.65. The van der Waals surface area contributed by atoms with Crippen LogP contribution in [0.5, 0.6) is 0 Å². The molecule has 1 heterocycles. The first-order valence-electron chi connectivity index (χ1n) is 5.26. The third-order valence-electron chi connectivity index (χ3n) is 2.19. The molecule has 2 aromatic rings. The van der Waals surface area contributed by atoms with E-state index >= 15 is 0 Å². The maximum Gasteiger partial charge on any atom is 0.441 e. The van der Waals surface area contributed by atoms with Crippen molar-refractivity contribution < 1.29 is 13.2 Å². The van der Waals surface area contributed by atoms with Gasteiger partial charge in [-0.3, -0.25) is 0 Å². The zero-order valence-electron chi connectivity index (χ0n) is 9.54. The zero-order chi connectivity index (χ0) is 13.2. The molecule has 0 atom stereocenters. The molecule has 0 aliphatic carbocycles. The Morgan fingerprint density at radius 2 is 2.17 bits per heavy atom. The lowest BCUT2D eigenvalue weighted by Gasteiger charge is -2.05. The van der Waals surface area contributed by atoms with E-state index in [1.54, 1.807) is 0 Å². The van der Waals surface area contributed by atoms with Gasteiger partial charge in [0, 0.05) is 12.3 Å². The first-order valence-corrected chi connectivity index (χ1v) is 7.06. The summed E-state index contributed by atoms with van der Waals surface area (Å²) >= 11 is 1.43. The summed E-state index contributed by atoms with van der Waals surface area (Å²) in [5.41, 5.74) is -2.16. The van der Waals surface area contributed by atoms with Crippen LogP contribution in [0.4, 0.5) is 18.3 Å². The lowest BCUT2D eigenvalue weighted by atomic mass is 10.2. The van der Waals surface area contributed by atoms with Crippen LogP contribution in [0, 0.1) is 6.92 Å². The van der Waals surface area contributed by atoms with E-state index in [9.17, 15) is 13.2 Å². The molecule has 7 heteroatoms. The number of rotatable bonds is 4. The number of nitrogens with zero attached hydrogens (tertiary/aromatic N) is 1. The van der Waals surface area contributed by atoms with Crippen molar-refractivity contribution in [2.45, 2.75) is 12.4 Å². The molecular weight excluding hydrogens is 281 g/mol. The summed E-state index contributed by atoms with van der Waals surface area (Å²) in [4.78, 5) is 4.32. The molecule has 0 radical (unpaired) electrons. The number of thiazole rings is 1. The van der Waals surface area contributed by atoms with Gasteiger partial charge in [0.1, 0.15) is 0 Å². The Balaban J connectivity index is 1.92. The van der Waals surface area contributed by atoms with Gasteiger partial charge in [0.2, 0.25) is 0 Å². The molecule has 0 fully saturated rings. The molecular formula is C11H11F3N2S2. The lowest BCUT2D eigenvalue weighted by molar-refractivity contribution is -0.0327. The van der Waals surface area contributed by atoms with Crippen molar-refractivity contribution >= 4 is 38.4 Å². The summed E-state index contributed by atoms with van der Waals surface area (Å²) in [6, 6.07) is 5.92. The molecule has 0 bridgehead atoms. The second kappa shape index (κ2) is 5.36. The van der Waals surface area contributed by atoms with Crippen LogP contribution in [0.15, 0.2) is 18.2 Å². The number of hydrogen-bond donors (Lipinski definition) is 1. The highest BCUT2D eigenvalue weighted by Crippen LogP contribution is 2.30. The zero-order valence-corrected chi connectivity index (χ0v) is 11.2. The SMILES string of the molecule is Cc1ccc2sc(NCCSC(F)(F)F)nc2c1. The number of thioether (sulfide) groups is 1. The molecule has 18 heavy (non-hydrogen) atoms. The van der Waals surface area contributed by atoms with Gasteiger partial charge in [0.25, 0.3) is 0 Å². The molecule has 0 aliphatic heterocycles. The van der Waals surface area contributed by atoms with Crippen molar-refractivity contribution in [2.24, 2.45) is 0 Å². The van der Waals surface area contributed by atoms with Crippen molar-refractivity contribution in [3.63, 3.8) is 0 Å². The number of halogens is 3. The summed E-state index contributed by atoms with van der Waals surface area (Å²) < 4.78 is 36.8. The van der Waals surface area contributed by atoms with Crippen LogP contribution < -0.4 is 5.32 Å². The number of fused-ring (bicyclic) bond motifs is 1. The Hall–Kier alpha value is -0.950. The molecule has 0 amide bonds. The van der Waals surface area contributed by atoms with Gasteiger partial charge in [-0.2, -0.15) is 13.2 Å². The van der Waals surface area contributed by atoms with E-state index in [1.165, 1.54) is 11.3 Å². The van der Waals surface area contributed by atoms with Crippen molar-refractivity contribution in [1.29, 1.82) is 0 Å². The number of nitrogens with one attached hydrogen (secondary N) is 1. The van der Waals surface area contributed by atoms with Crippen LogP contribution in [0.25, 0.3) is 10.2 Å². The Labute approximate surface area is 111 Å². The summed E-state index contributed by atoms with van der Waals surface area (Å²) in [6.07, 6.45) is 0. The number of alkyl halides is 3. The quantitative estimate of drug-likeness (QED) is 0.852. The highest BCUT2D eigenvalue weighted by atomic mass is 32.2. The lowest BCUT2D eigenvalue weighted by Crippen LogP contribution is -2.09. The fraction of sp³-hybridized carbons (Fsp3) is 0.364. The van der Waals surface area contributed by atoms with E-state index in [0.29, 0.717) is 5.13 Å². The van der Waals surface area contributed by atoms with Crippen LogP contribution in [0.1, 0.15) is 5.56 Å². The van der Waals surface area contributed by atoms with Crippen molar-refractivity contribution in [3.8, 4) is 0 Å². The monoisotopic (exact) mass is 292 g/mol. The smallest absolute Gasteiger partial charge is 0.361 e. The van der Waals surface area contributed by atoms with E-state index in [0.717, 1.165) is 15.8 Å². The van der Waals surface area contributed by atoms with Crippen molar-refractivity contribution in [1.82, 2.24) is 4.98 Å². The van der Waals surface area contributed by atoms with E-state index < -0.39 is 5.51 Å². The topological polar surface area (TPSA) is 24.9 Å². The van der Waals surface area contributed by atoms with Crippen molar-refractivity contribution in [2.75, 3.05) is 17.6 Å². The third-order valence-corrected chi connectivity index (χ3v) is 3.92. The van der Waals surface area contributed by atoms with E-state index in [1.807, 2.05) is 25.1 Å². The Bertz CT molecular complexity index is 537. The predicted octanol–water partition coefficient (Wildman–Crippen LogP) is 4.27. The first-order chi connectivity index (χ1) is 8.44.